The van der Waals surface area contributed by atoms with Crippen LogP contribution < -0.4 is 5.73 Å². The van der Waals surface area contributed by atoms with Crippen molar-refractivity contribution in [3.63, 3.8) is 0 Å². The molecule has 3 rings (SSSR count). The lowest BCUT2D eigenvalue weighted by Gasteiger charge is -1.99. The zero-order valence-corrected chi connectivity index (χ0v) is 9.79. The molecular weight excluding hydrogens is 232 g/mol. The number of anilines is 1. The Balaban J connectivity index is 2.24. The van der Waals surface area contributed by atoms with Gasteiger partial charge in [-0.15, -0.1) is 0 Å². The Labute approximate surface area is 103 Å². The molecule has 0 amide bonds. The summed E-state index contributed by atoms with van der Waals surface area (Å²) in [4.78, 5) is 4.25. The topological polar surface area (TPSA) is 94.6 Å². The van der Waals surface area contributed by atoms with Crippen LogP contribution >= 0.6 is 0 Å². The molecule has 0 atom stereocenters. The Morgan fingerprint density at radius 2 is 2.33 bits per heavy atom. The number of aromatic nitrogens is 5. The second kappa shape index (κ2) is 4.11. The summed E-state index contributed by atoms with van der Waals surface area (Å²) >= 11 is 0. The number of rotatable bonds is 3. The second-order valence-corrected chi connectivity index (χ2v) is 3.82. The third kappa shape index (κ3) is 1.52. The summed E-state index contributed by atoms with van der Waals surface area (Å²) in [6, 6.07) is 5.59. The van der Waals surface area contributed by atoms with Gasteiger partial charge in [0.15, 0.2) is 11.5 Å². The van der Waals surface area contributed by atoms with Crippen molar-refractivity contribution in [2.24, 2.45) is 0 Å². The molecule has 0 aliphatic heterocycles. The van der Waals surface area contributed by atoms with Gasteiger partial charge >= 0.3 is 0 Å². The molecule has 92 valence electrons. The molecule has 0 unspecified atom stereocenters. The Hall–Kier alpha value is -2.41. The number of hydrogen-bond acceptors (Lipinski definition) is 5. The Kier molecular flexibility index (Phi) is 2.45. The Morgan fingerprint density at radius 3 is 3.06 bits per heavy atom. The third-order valence-electron chi connectivity index (χ3n) is 2.63. The predicted molar refractivity (Wildman–Crippen MR) is 66.1 cm³/mol. The number of nitrogens with one attached hydrogen (secondary N) is 1. The minimum atomic E-state index is 0.375. The molecular formula is C11H12N6O. The summed E-state index contributed by atoms with van der Waals surface area (Å²) in [5.74, 6) is 1.18. The van der Waals surface area contributed by atoms with Gasteiger partial charge in [-0.05, 0) is 12.1 Å². The molecule has 3 aromatic heterocycles. The number of aromatic amines is 1. The molecule has 3 heterocycles. The third-order valence-corrected chi connectivity index (χ3v) is 2.63. The van der Waals surface area contributed by atoms with Gasteiger partial charge in [0.25, 0.3) is 0 Å². The first-order chi connectivity index (χ1) is 8.81. The van der Waals surface area contributed by atoms with Crippen molar-refractivity contribution >= 4 is 16.9 Å². The number of nitrogen functional groups attached to an aromatic ring is 1. The summed E-state index contributed by atoms with van der Waals surface area (Å²) < 4.78 is 6.77. The molecule has 0 saturated heterocycles. The number of methoxy groups -OCH3 is 1. The van der Waals surface area contributed by atoms with Gasteiger partial charge in [-0.3, -0.25) is 5.10 Å². The van der Waals surface area contributed by atoms with Crippen LogP contribution in [-0.4, -0.2) is 32.1 Å². The standard InChI is InChI=1S/C11H12N6O/c1-18-6-7-9-10(12)14-15-11(9)17(16-7)8-4-2-3-5-13-8/h2-5H,6H2,1H3,(H3,12,14,15). The molecule has 0 fully saturated rings. The van der Waals surface area contributed by atoms with Gasteiger partial charge in [0.2, 0.25) is 0 Å². The average molecular weight is 244 g/mol. The van der Waals surface area contributed by atoms with Gasteiger partial charge in [-0.2, -0.15) is 14.9 Å². The van der Waals surface area contributed by atoms with E-state index in [2.05, 4.69) is 20.3 Å². The smallest absolute Gasteiger partial charge is 0.188 e. The van der Waals surface area contributed by atoms with Crippen LogP contribution in [0.4, 0.5) is 5.82 Å². The van der Waals surface area contributed by atoms with Crippen LogP contribution in [0.3, 0.4) is 0 Å². The Morgan fingerprint density at radius 1 is 1.44 bits per heavy atom. The van der Waals surface area contributed by atoms with Gasteiger partial charge in [-0.25, -0.2) is 4.98 Å². The van der Waals surface area contributed by atoms with Crippen LogP contribution in [0.25, 0.3) is 16.9 Å². The van der Waals surface area contributed by atoms with E-state index in [0.717, 1.165) is 11.1 Å². The number of pyridine rings is 1. The van der Waals surface area contributed by atoms with Gasteiger partial charge in [0.1, 0.15) is 11.5 Å². The van der Waals surface area contributed by atoms with Crippen LogP contribution in [0.5, 0.6) is 0 Å². The van der Waals surface area contributed by atoms with Crippen molar-refractivity contribution in [2.75, 3.05) is 12.8 Å². The zero-order chi connectivity index (χ0) is 12.5. The van der Waals surface area contributed by atoms with E-state index in [4.69, 9.17) is 10.5 Å². The number of nitrogens with zero attached hydrogens (tertiary/aromatic N) is 4. The SMILES string of the molecule is COCc1nn(-c2ccccn2)c2n[nH]c(N)c12. The maximum Gasteiger partial charge on any atom is 0.188 e. The second-order valence-electron chi connectivity index (χ2n) is 3.82. The Bertz CT molecular complexity index is 671. The van der Waals surface area contributed by atoms with E-state index in [0.29, 0.717) is 23.9 Å². The maximum absolute atomic E-state index is 5.85. The van der Waals surface area contributed by atoms with Gasteiger partial charge in [0.05, 0.1) is 12.0 Å². The van der Waals surface area contributed by atoms with Crippen LogP contribution in [0.1, 0.15) is 5.69 Å². The van der Waals surface area contributed by atoms with E-state index in [9.17, 15) is 0 Å². The highest BCUT2D eigenvalue weighted by Crippen LogP contribution is 2.24. The molecule has 7 heteroatoms. The first-order valence-electron chi connectivity index (χ1n) is 5.43. The molecule has 3 aromatic rings. The lowest BCUT2D eigenvalue weighted by atomic mass is 10.3. The maximum atomic E-state index is 5.85. The number of hydrogen-bond donors (Lipinski definition) is 2. The van der Waals surface area contributed by atoms with Crippen molar-refractivity contribution in [1.82, 2.24) is 25.0 Å². The molecule has 0 aromatic carbocycles. The summed E-state index contributed by atoms with van der Waals surface area (Å²) in [6.07, 6.45) is 1.70. The fourth-order valence-corrected chi connectivity index (χ4v) is 1.88. The zero-order valence-electron chi connectivity index (χ0n) is 9.79. The van der Waals surface area contributed by atoms with Crippen molar-refractivity contribution in [3.8, 4) is 5.82 Å². The first-order valence-corrected chi connectivity index (χ1v) is 5.43. The molecule has 0 saturated carbocycles. The molecule has 0 radical (unpaired) electrons. The minimum Gasteiger partial charge on any atom is -0.383 e. The highest BCUT2D eigenvalue weighted by atomic mass is 16.5. The van der Waals surface area contributed by atoms with Gasteiger partial charge in [-0.1, -0.05) is 6.07 Å². The number of H-pyrrole nitrogens is 1. The molecule has 0 aliphatic carbocycles. The largest absolute Gasteiger partial charge is 0.383 e. The molecule has 18 heavy (non-hydrogen) atoms. The number of ether oxygens (including phenoxy) is 1. The van der Waals surface area contributed by atoms with Crippen molar-refractivity contribution in [2.45, 2.75) is 6.61 Å². The van der Waals surface area contributed by atoms with E-state index in [1.54, 1.807) is 18.0 Å². The van der Waals surface area contributed by atoms with E-state index < -0.39 is 0 Å². The molecule has 7 nitrogen and oxygen atoms in total. The lowest BCUT2D eigenvalue weighted by molar-refractivity contribution is 0.182. The summed E-state index contributed by atoms with van der Waals surface area (Å²) in [6.45, 7) is 0.375. The molecule has 0 bridgehead atoms. The van der Waals surface area contributed by atoms with E-state index >= 15 is 0 Å². The number of fused-ring (bicyclic) bond motifs is 1. The van der Waals surface area contributed by atoms with E-state index in [1.807, 2.05) is 18.2 Å². The minimum absolute atomic E-state index is 0.375. The normalized spacial score (nSPS) is 11.2. The van der Waals surface area contributed by atoms with Crippen LogP contribution in [-0.2, 0) is 11.3 Å². The van der Waals surface area contributed by atoms with Crippen LogP contribution in [0, 0.1) is 0 Å². The molecule has 0 spiro atoms. The van der Waals surface area contributed by atoms with Gasteiger partial charge in [0, 0.05) is 13.3 Å². The molecule has 0 aliphatic rings. The van der Waals surface area contributed by atoms with Gasteiger partial charge < -0.3 is 10.5 Å². The van der Waals surface area contributed by atoms with Crippen molar-refractivity contribution in [3.05, 3.63) is 30.1 Å². The number of nitrogens with two attached hydrogens (primary N) is 1. The lowest BCUT2D eigenvalue weighted by Crippen LogP contribution is -2.01. The summed E-state index contributed by atoms with van der Waals surface area (Å²) in [5, 5.41) is 12.1. The highest BCUT2D eigenvalue weighted by molar-refractivity contribution is 5.89. The van der Waals surface area contributed by atoms with Crippen molar-refractivity contribution in [1.29, 1.82) is 0 Å². The highest BCUT2D eigenvalue weighted by Gasteiger charge is 2.17. The van der Waals surface area contributed by atoms with Crippen LogP contribution in [0.2, 0.25) is 0 Å². The fourth-order valence-electron chi connectivity index (χ4n) is 1.88. The fraction of sp³-hybridized carbons (Fsp3) is 0.182. The summed E-state index contributed by atoms with van der Waals surface area (Å²) in [5.41, 5.74) is 7.24. The quantitative estimate of drug-likeness (QED) is 0.713. The summed E-state index contributed by atoms with van der Waals surface area (Å²) in [7, 11) is 1.61. The van der Waals surface area contributed by atoms with Crippen molar-refractivity contribution < 1.29 is 4.74 Å². The average Bonchev–Trinajstić information content (AvgIpc) is 2.94. The van der Waals surface area contributed by atoms with E-state index in [1.165, 1.54) is 0 Å². The predicted octanol–water partition coefficient (Wildman–Crippen LogP) is 0.872. The van der Waals surface area contributed by atoms with Crippen LogP contribution in [0.15, 0.2) is 24.4 Å². The first kappa shape index (κ1) is 10.7. The van der Waals surface area contributed by atoms with E-state index in [-0.39, 0.29) is 0 Å². The molecule has 3 N–H and O–H groups in total. The monoisotopic (exact) mass is 244 g/mol.